The fraction of sp³-hybridized carbons (Fsp3) is 0.491. The van der Waals surface area contributed by atoms with Crippen molar-refractivity contribution in [3.63, 3.8) is 0 Å². The topological polar surface area (TPSA) is 196 Å². The molecule has 5 rings (SSSR count). The molecule has 1 aliphatic carbocycles. The van der Waals surface area contributed by atoms with E-state index in [4.69, 9.17) is 32.8 Å². The maximum absolute atomic E-state index is 13.8. The molecule has 1 saturated heterocycles. The molecule has 3 aromatic carbocycles. The van der Waals surface area contributed by atoms with Crippen molar-refractivity contribution in [3.8, 4) is 23.0 Å². The minimum atomic E-state index is -2.30. The summed E-state index contributed by atoms with van der Waals surface area (Å²) in [4.78, 5) is 91.0. The van der Waals surface area contributed by atoms with Crippen LogP contribution in [0.5, 0.6) is 0 Å². The zero-order chi connectivity index (χ0) is 51.0. The standard InChI is InChI=1S/C53H65NO14Si/c1-30(2)42(27-46(59)63-29-43-40-19-15-13-17-38(40)39-18-14-16-20-41(39)43)51(60)54-31(3)44(58)26-35-21-22-37(28-64-69(11,12)53(7,8)9)36(25-35)23-24-45-47(65-32(4)55)48(66-33(5)56)49(67-34(6)57)50(68-45)52(61)62-10/h13-22,25,30-31,42-43,45,47-50H,26-29H2,1-12H3,(H,54,60)/t31-,42-,45-,47-,48+,49-,50-/m0/s1. The van der Waals surface area contributed by atoms with Gasteiger partial charge in [-0.05, 0) is 70.4 Å². The molecule has 0 spiro atoms. The number of ether oxygens (including phenoxy) is 6. The minimum Gasteiger partial charge on any atom is -0.467 e. The number of amides is 1. The Balaban J connectivity index is 1.36. The summed E-state index contributed by atoms with van der Waals surface area (Å²) in [6.07, 6.45) is -7.90. The van der Waals surface area contributed by atoms with Crippen LogP contribution in [0, 0.1) is 23.7 Å². The lowest BCUT2D eigenvalue weighted by atomic mass is 9.91. The normalized spacial score (nSPS) is 19.6. The number of esters is 5. The number of carbonyl (C=O) groups excluding carboxylic acids is 7. The van der Waals surface area contributed by atoms with Gasteiger partial charge in [0.05, 0.1) is 32.1 Å². The minimum absolute atomic E-state index is 0.114. The third-order valence-corrected chi connectivity index (χ3v) is 17.4. The Bertz CT molecular complexity index is 2430. The zero-order valence-corrected chi connectivity index (χ0v) is 42.6. The van der Waals surface area contributed by atoms with Crippen LogP contribution in [0.1, 0.15) is 102 Å². The second-order valence-electron chi connectivity index (χ2n) is 19.4. The average Bonchev–Trinajstić information content (AvgIpc) is 3.59. The molecule has 1 heterocycles. The molecule has 1 fully saturated rings. The number of ketones is 1. The molecular formula is C53H65NO14Si. The van der Waals surface area contributed by atoms with Crippen molar-refractivity contribution in [2.45, 2.75) is 142 Å². The smallest absolute Gasteiger partial charge is 0.339 e. The van der Waals surface area contributed by atoms with Gasteiger partial charge >= 0.3 is 29.8 Å². The van der Waals surface area contributed by atoms with E-state index in [9.17, 15) is 33.6 Å². The van der Waals surface area contributed by atoms with Crippen molar-refractivity contribution < 1.29 is 66.4 Å². The van der Waals surface area contributed by atoms with Crippen LogP contribution in [0.15, 0.2) is 66.7 Å². The molecule has 2 aliphatic rings. The Labute approximate surface area is 405 Å². The van der Waals surface area contributed by atoms with Gasteiger partial charge in [-0.3, -0.25) is 28.8 Å². The van der Waals surface area contributed by atoms with Crippen molar-refractivity contribution in [2.24, 2.45) is 11.8 Å². The largest absolute Gasteiger partial charge is 0.467 e. The maximum Gasteiger partial charge on any atom is 0.339 e. The van der Waals surface area contributed by atoms with Crippen LogP contribution in [0.3, 0.4) is 0 Å². The number of fused-ring (bicyclic) bond motifs is 3. The van der Waals surface area contributed by atoms with Crippen molar-refractivity contribution >= 4 is 49.9 Å². The highest BCUT2D eigenvalue weighted by atomic mass is 28.4. The summed E-state index contributed by atoms with van der Waals surface area (Å²) in [6.45, 7) is 19.4. The van der Waals surface area contributed by atoms with Gasteiger partial charge in [0.15, 0.2) is 44.6 Å². The maximum atomic E-state index is 13.8. The molecule has 3 aromatic rings. The molecule has 0 radical (unpaired) electrons. The number of nitrogens with one attached hydrogen (secondary N) is 1. The summed E-state index contributed by atoms with van der Waals surface area (Å²) in [7, 11) is -1.20. The second-order valence-corrected chi connectivity index (χ2v) is 24.2. The van der Waals surface area contributed by atoms with E-state index in [0.29, 0.717) is 16.7 Å². The first-order valence-electron chi connectivity index (χ1n) is 23.1. The van der Waals surface area contributed by atoms with Crippen molar-refractivity contribution in [1.29, 1.82) is 0 Å². The molecular weight excluding hydrogens is 903 g/mol. The van der Waals surface area contributed by atoms with Crippen LogP contribution in [0.2, 0.25) is 18.1 Å². The number of hydrogen-bond donors (Lipinski definition) is 1. The van der Waals surface area contributed by atoms with Gasteiger partial charge in [0.2, 0.25) is 5.91 Å². The third-order valence-electron chi connectivity index (χ3n) is 12.9. The van der Waals surface area contributed by atoms with E-state index in [0.717, 1.165) is 50.1 Å². The Morgan fingerprint density at radius 3 is 1.90 bits per heavy atom. The van der Waals surface area contributed by atoms with Crippen LogP contribution in [0.4, 0.5) is 0 Å². The van der Waals surface area contributed by atoms with E-state index in [1.807, 2.05) is 50.2 Å². The second kappa shape index (κ2) is 23.0. The van der Waals surface area contributed by atoms with Gasteiger partial charge in [0.1, 0.15) is 6.61 Å². The lowest BCUT2D eigenvalue weighted by molar-refractivity contribution is -0.239. The summed E-state index contributed by atoms with van der Waals surface area (Å²) >= 11 is 0. The first-order valence-corrected chi connectivity index (χ1v) is 26.0. The van der Waals surface area contributed by atoms with Crippen molar-refractivity contribution in [3.05, 3.63) is 94.5 Å². The van der Waals surface area contributed by atoms with Crippen molar-refractivity contribution in [1.82, 2.24) is 5.32 Å². The van der Waals surface area contributed by atoms with Crippen LogP contribution < -0.4 is 5.32 Å². The first kappa shape index (κ1) is 53.8. The molecule has 15 nitrogen and oxygen atoms in total. The van der Waals surface area contributed by atoms with Gasteiger partial charge in [-0.15, -0.1) is 0 Å². The van der Waals surface area contributed by atoms with E-state index in [-0.39, 0.29) is 48.7 Å². The highest BCUT2D eigenvalue weighted by Gasteiger charge is 2.54. The number of Topliss-reactive ketones (excluding diaryl/α,β-unsaturated/α-hetero) is 1. The average molecular weight is 968 g/mol. The first-order chi connectivity index (χ1) is 32.4. The van der Waals surface area contributed by atoms with Gasteiger partial charge in [0, 0.05) is 38.7 Å². The van der Waals surface area contributed by atoms with Gasteiger partial charge in [-0.1, -0.05) is 107 Å². The Morgan fingerprint density at radius 2 is 1.35 bits per heavy atom. The molecule has 0 bridgehead atoms. The Kier molecular flexibility index (Phi) is 17.9. The van der Waals surface area contributed by atoms with E-state index in [1.165, 1.54) is 0 Å². The molecule has 1 N–H and O–H groups in total. The highest BCUT2D eigenvalue weighted by molar-refractivity contribution is 6.74. The lowest BCUT2D eigenvalue weighted by Gasteiger charge is -2.42. The Morgan fingerprint density at radius 1 is 0.783 bits per heavy atom. The Hall–Kier alpha value is -6.15. The van der Waals surface area contributed by atoms with Gasteiger partial charge in [0.25, 0.3) is 0 Å². The number of carbonyl (C=O) groups is 7. The van der Waals surface area contributed by atoms with Crippen LogP contribution in [-0.2, 0) is 79.4 Å². The third kappa shape index (κ3) is 13.6. The quantitative estimate of drug-likeness (QED) is 0.0633. The number of hydrogen-bond acceptors (Lipinski definition) is 14. The molecule has 0 saturated carbocycles. The van der Waals surface area contributed by atoms with E-state index < -0.39 is 86.6 Å². The summed E-state index contributed by atoms with van der Waals surface area (Å²) in [5.41, 5.74) is 5.97. The lowest BCUT2D eigenvalue weighted by Crippen LogP contribution is -2.63. The molecule has 16 heteroatoms. The van der Waals surface area contributed by atoms with Gasteiger partial charge in [-0.25, -0.2) is 4.79 Å². The van der Waals surface area contributed by atoms with E-state index in [1.54, 1.807) is 25.1 Å². The molecule has 370 valence electrons. The molecule has 1 amide bonds. The SMILES string of the molecule is COC(=O)[C@H]1O[C@@H](C#Cc2cc(CC(=O)[C@H](C)NC(=O)[C@@H](CC(=O)OCC3c4ccccc4-c4ccccc43)C(C)C)ccc2CO[Si](C)(C)C(C)(C)C)[C@H](OC(C)=O)[C@@H](OC(C)=O)[C@@H]1OC(C)=O. The van der Waals surface area contributed by atoms with E-state index in [2.05, 4.69) is 63.2 Å². The molecule has 69 heavy (non-hydrogen) atoms. The zero-order valence-electron chi connectivity index (χ0n) is 41.6. The highest BCUT2D eigenvalue weighted by Crippen LogP contribution is 2.44. The number of benzene rings is 3. The monoisotopic (exact) mass is 967 g/mol. The number of methoxy groups -OCH3 is 1. The predicted molar refractivity (Wildman–Crippen MR) is 257 cm³/mol. The predicted octanol–water partition coefficient (Wildman–Crippen LogP) is 6.93. The van der Waals surface area contributed by atoms with Crippen LogP contribution >= 0.6 is 0 Å². The van der Waals surface area contributed by atoms with E-state index >= 15 is 0 Å². The van der Waals surface area contributed by atoms with Crippen LogP contribution in [0.25, 0.3) is 11.1 Å². The molecule has 0 aromatic heterocycles. The van der Waals surface area contributed by atoms with Crippen LogP contribution in [-0.4, -0.2) is 100 Å². The molecule has 0 unspecified atom stereocenters. The molecule has 1 aliphatic heterocycles. The van der Waals surface area contributed by atoms with Gasteiger partial charge < -0.3 is 38.2 Å². The summed E-state index contributed by atoms with van der Waals surface area (Å²) < 4.78 is 39.8. The summed E-state index contributed by atoms with van der Waals surface area (Å²) in [5.74, 6) is 0.164. The number of rotatable bonds is 17. The fourth-order valence-electron chi connectivity index (χ4n) is 8.07. The fourth-order valence-corrected chi connectivity index (χ4v) is 9.02. The molecule has 7 atom stereocenters. The summed E-state index contributed by atoms with van der Waals surface area (Å²) in [6, 6.07) is 20.4. The van der Waals surface area contributed by atoms with Crippen molar-refractivity contribution in [2.75, 3.05) is 13.7 Å². The summed E-state index contributed by atoms with van der Waals surface area (Å²) in [5, 5.41) is 2.70. The van der Waals surface area contributed by atoms with Gasteiger partial charge in [-0.2, -0.15) is 0 Å².